The predicted molar refractivity (Wildman–Crippen MR) is 144 cm³/mol. The summed E-state index contributed by atoms with van der Waals surface area (Å²) in [7, 11) is 0. The molecular weight excluding hydrogens is 464 g/mol. The zero-order valence-electron chi connectivity index (χ0n) is 23.7. The van der Waals surface area contributed by atoms with Crippen LogP contribution in [0.5, 0.6) is 0 Å². The smallest absolute Gasteiger partial charge is 0.0690 e. The molecule has 0 saturated carbocycles. The molecule has 0 radical (unpaired) electrons. The Balaban J connectivity index is 1.80. The fourth-order valence-electron chi connectivity index (χ4n) is 6.80. The summed E-state index contributed by atoms with van der Waals surface area (Å²) in [6, 6.07) is 0.927. The van der Waals surface area contributed by atoms with E-state index in [1.54, 1.807) is 0 Å². The second-order valence-corrected chi connectivity index (χ2v) is 14.1. The summed E-state index contributed by atoms with van der Waals surface area (Å²) >= 11 is 5.93. The maximum atomic E-state index is 10.6. The number of halogens is 1. The molecule has 2 heterocycles. The number of alkyl halides is 1. The molecule has 0 amide bonds. The van der Waals surface area contributed by atoms with Crippen molar-refractivity contribution in [2.45, 2.75) is 160 Å². The third-order valence-corrected chi connectivity index (χ3v) is 8.50. The minimum Gasteiger partial charge on any atom is -0.392 e. The van der Waals surface area contributed by atoms with Crippen LogP contribution in [0.3, 0.4) is 0 Å². The van der Waals surface area contributed by atoms with Gasteiger partial charge in [-0.1, -0.05) is 12.8 Å². The fourth-order valence-corrected chi connectivity index (χ4v) is 6.92. The largest absolute Gasteiger partial charge is 0.392 e. The highest BCUT2D eigenvalue weighted by Crippen LogP contribution is 2.38. The number of aliphatic hydroxyl groups is 1. The number of piperidine rings is 2. The lowest BCUT2D eigenvalue weighted by Crippen LogP contribution is -2.63. The zero-order valence-corrected chi connectivity index (χ0v) is 24.5. The van der Waals surface area contributed by atoms with Gasteiger partial charge in [0.15, 0.2) is 0 Å². The number of rotatable bonds is 12. The van der Waals surface area contributed by atoms with Crippen LogP contribution in [0.1, 0.15) is 113 Å². The molecule has 2 aliphatic heterocycles. The third-order valence-electron chi connectivity index (χ3n) is 8.15. The molecule has 0 aromatic carbocycles. The minimum atomic E-state index is -0.501. The monoisotopic (exact) mass is 518 g/mol. The maximum Gasteiger partial charge on any atom is 0.0690 e. The Hall–Kier alpha value is 0.01000. The van der Waals surface area contributed by atoms with Gasteiger partial charge in [0.05, 0.1) is 6.10 Å². The molecule has 7 nitrogen and oxygen atoms in total. The summed E-state index contributed by atoms with van der Waals surface area (Å²) in [5.41, 5.74) is -1.04. The van der Waals surface area contributed by atoms with Gasteiger partial charge in [-0.15, -0.1) is 11.6 Å². The quantitative estimate of drug-likeness (QED) is 0.185. The molecule has 2 fully saturated rings. The molecule has 208 valence electrons. The summed E-state index contributed by atoms with van der Waals surface area (Å²) in [6.45, 7) is 17.8. The molecule has 5 N–H and O–H groups in total. The van der Waals surface area contributed by atoms with Gasteiger partial charge in [0.1, 0.15) is 0 Å². The molecular formula is C27H55ClN4O3. The van der Waals surface area contributed by atoms with Crippen molar-refractivity contribution in [2.24, 2.45) is 0 Å². The van der Waals surface area contributed by atoms with E-state index in [0.717, 1.165) is 57.9 Å². The Morgan fingerprint density at radius 1 is 0.771 bits per heavy atom. The van der Waals surface area contributed by atoms with E-state index in [0.29, 0.717) is 18.5 Å². The van der Waals surface area contributed by atoms with E-state index in [1.807, 2.05) is 0 Å². The molecule has 0 bridgehead atoms. The van der Waals surface area contributed by atoms with Crippen LogP contribution in [0.15, 0.2) is 0 Å². The molecule has 8 heteroatoms. The van der Waals surface area contributed by atoms with Crippen LogP contribution < -0.4 is 10.6 Å². The van der Waals surface area contributed by atoms with Gasteiger partial charge in [0.25, 0.3) is 0 Å². The average molecular weight is 519 g/mol. The van der Waals surface area contributed by atoms with Gasteiger partial charge in [-0.3, -0.25) is 0 Å². The lowest BCUT2D eigenvalue weighted by atomic mass is 9.78. The molecule has 2 unspecified atom stereocenters. The van der Waals surface area contributed by atoms with Crippen LogP contribution in [0.25, 0.3) is 0 Å². The van der Waals surface area contributed by atoms with Crippen LogP contribution in [0.2, 0.25) is 0 Å². The van der Waals surface area contributed by atoms with E-state index in [-0.39, 0.29) is 34.1 Å². The van der Waals surface area contributed by atoms with Gasteiger partial charge in [-0.2, -0.15) is 10.1 Å². The van der Waals surface area contributed by atoms with Crippen molar-refractivity contribution in [3.8, 4) is 0 Å². The number of nitrogens with one attached hydrogen (secondary N) is 2. The van der Waals surface area contributed by atoms with E-state index < -0.39 is 6.10 Å². The van der Waals surface area contributed by atoms with Crippen LogP contribution in [-0.4, -0.2) is 84.5 Å². The first kappa shape index (κ1) is 31.2. The Labute approximate surface area is 219 Å². The lowest BCUT2D eigenvalue weighted by molar-refractivity contribution is -0.246. The van der Waals surface area contributed by atoms with E-state index in [2.05, 4.69) is 66.0 Å². The number of hydrogen-bond donors (Lipinski definition) is 5. The molecule has 2 saturated heterocycles. The lowest BCUT2D eigenvalue weighted by Gasteiger charge is -2.52. The van der Waals surface area contributed by atoms with Crippen molar-refractivity contribution in [3.05, 3.63) is 0 Å². The molecule has 0 spiro atoms. The van der Waals surface area contributed by atoms with Crippen molar-refractivity contribution >= 4 is 11.6 Å². The summed E-state index contributed by atoms with van der Waals surface area (Å²) in [5.74, 6) is 0.257. The Bertz CT molecular complexity index is 622. The van der Waals surface area contributed by atoms with E-state index in [1.165, 1.54) is 10.1 Å². The van der Waals surface area contributed by atoms with Gasteiger partial charge in [0.2, 0.25) is 0 Å². The van der Waals surface area contributed by atoms with Gasteiger partial charge >= 0.3 is 0 Å². The van der Waals surface area contributed by atoms with Gasteiger partial charge in [-0.05, 0) is 107 Å². The topological polar surface area (TPSA) is 91.2 Å². The number of hydroxylamine groups is 4. The summed E-state index contributed by atoms with van der Waals surface area (Å²) in [5, 5.41) is 42.0. The average Bonchev–Trinajstić information content (AvgIpc) is 2.71. The van der Waals surface area contributed by atoms with Crippen molar-refractivity contribution < 1.29 is 15.5 Å². The molecule has 0 aromatic rings. The number of aliphatic hydroxyl groups excluding tert-OH is 1. The van der Waals surface area contributed by atoms with Gasteiger partial charge in [0, 0.05) is 46.2 Å². The highest BCUT2D eigenvalue weighted by atomic mass is 35.5. The van der Waals surface area contributed by atoms with Crippen molar-refractivity contribution in [1.82, 2.24) is 20.8 Å². The number of nitrogens with zero attached hydrogens (tertiary/aromatic N) is 2. The Kier molecular flexibility index (Phi) is 10.9. The molecule has 2 rings (SSSR count). The van der Waals surface area contributed by atoms with Crippen molar-refractivity contribution in [1.29, 1.82) is 0 Å². The molecule has 0 aliphatic carbocycles. The van der Waals surface area contributed by atoms with E-state index >= 15 is 0 Å². The summed E-state index contributed by atoms with van der Waals surface area (Å²) < 4.78 is 0. The highest BCUT2D eigenvalue weighted by molar-refractivity contribution is 6.18. The third kappa shape index (κ3) is 8.78. The first-order valence-electron chi connectivity index (χ1n) is 13.7. The van der Waals surface area contributed by atoms with Crippen LogP contribution in [0.4, 0.5) is 0 Å². The van der Waals surface area contributed by atoms with Gasteiger partial charge < -0.3 is 26.2 Å². The molecule has 2 atom stereocenters. The second-order valence-electron chi connectivity index (χ2n) is 13.8. The molecule has 2 aliphatic rings. The predicted octanol–water partition coefficient (Wildman–Crippen LogP) is 4.91. The highest BCUT2D eigenvalue weighted by Gasteiger charge is 2.46. The normalized spacial score (nSPS) is 27.1. The SMILES string of the molecule is CC1(C)CC(NCCCCCC(CC(O)CCl)NC2CC(C)(C)N(O)C(C)(C)C2)CC(C)(C)N1O. The number of unbranched alkanes of at least 4 members (excludes halogenated alkanes) is 2. The first-order chi connectivity index (χ1) is 16.0. The summed E-state index contributed by atoms with van der Waals surface area (Å²) in [4.78, 5) is 0. The minimum absolute atomic E-state index is 0.217. The van der Waals surface area contributed by atoms with Crippen LogP contribution in [0, 0.1) is 0 Å². The van der Waals surface area contributed by atoms with E-state index in [9.17, 15) is 15.5 Å². The first-order valence-corrected chi connectivity index (χ1v) is 14.3. The Morgan fingerprint density at radius 2 is 1.23 bits per heavy atom. The van der Waals surface area contributed by atoms with Gasteiger partial charge in [-0.25, -0.2) is 0 Å². The van der Waals surface area contributed by atoms with Crippen LogP contribution in [-0.2, 0) is 0 Å². The molecule has 35 heavy (non-hydrogen) atoms. The van der Waals surface area contributed by atoms with Crippen molar-refractivity contribution in [2.75, 3.05) is 12.4 Å². The van der Waals surface area contributed by atoms with Crippen molar-refractivity contribution in [3.63, 3.8) is 0 Å². The summed E-state index contributed by atoms with van der Waals surface area (Å²) in [6.07, 6.45) is 8.14. The maximum absolute atomic E-state index is 10.6. The van der Waals surface area contributed by atoms with E-state index in [4.69, 9.17) is 11.6 Å². The zero-order chi connectivity index (χ0) is 26.7. The van der Waals surface area contributed by atoms with Crippen LogP contribution >= 0.6 is 11.6 Å². The fraction of sp³-hybridized carbons (Fsp3) is 1.00. The number of hydrogen-bond acceptors (Lipinski definition) is 7. The standard InChI is InChI=1S/C27H55ClN4O3/c1-24(2)15-21(16-25(3,4)31(24)34)29-13-11-9-10-12-20(14-23(33)19-28)30-22-17-26(5,6)32(35)27(7,8)18-22/h20-23,29-30,33-35H,9-19H2,1-8H3. The second kappa shape index (κ2) is 12.2. The molecule has 0 aromatic heterocycles. The Morgan fingerprint density at radius 3 is 1.69 bits per heavy atom.